The molecule has 1 fully saturated rings. The predicted molar refractivity (Wildman–Crippen MR) is 130 cm³/mol. The Morgan fingerprint density at radius 2 is 1.59 bits per heavy atom. The van der Waals surface area contributed by atoms with Gasteiger partial charge in [-0.2, -0.15) is 31.4 Å². The van der Waals surface area contributed by atoms with E-state index >= 15 is 0 Å². The third kappa shape index (κ3) is 9.30. The zero-order valence-electron chi connectivity index (χ0n) is 21.0. The van der Waals surface area contributed by atoms with Crippen LogP contribution in [0.3, 0.4) is 0 Å². The summed E-state index contributed by atoms with van der Waals surface area (Å²) < 4.78 is 70.9. The van der Waals surface area contributed by atoms with Crippen molar-refractivity contribution in [2.45, 2.75) is 37.7 Å². The summed E-state index contributed by atoms with van der Waals surface area (Å²) in [5.41, 5.74) is 3.14. The molecule has 16 heteroatoms. The Hall–Kier alpha value is -4.47. The molecule has 0 bridgehead atoms. The SMILES string of the molecule is O=C(O)C(F)(F)F.O=C(O)C(F)(F)F.c1coc(CN2CCCC(c3nc4ccc(-c5ccncc5)cn4n3)C2)c1. The summed E-state index contributed by atoms with van der Waals surface area (Å²) in [5, 5.41) is 19.0. The number of hydrogen-bond donors (Lipinski definition) is 2. The first kappa shape index (κ1) is 31.1. The van der Waals surface area contributed by atoms with Crippen LogP contribution in [0.1, 0.15) is 30.3 Å². The van der Waals surface area contributed by atoms with Gasteiger partial charge in [0.2, 0.25) is 0 Å². The molecule has 220 valence electrons. The Bertz CT molecular complexity index is 1400. The predicted octanol–water partition coefficient (Wildman–Crippen LogP) is 5.03. The number of aromatic nitrogens is 4. The quantitative estimate of drug-likeness (QED) is 0.315. The molecular formula is C25H23F6N5O5. The summed E-state index contributed by atoms with van der Waals surface area (Å²) in [7, 11) is 0. The highest BCUT2D eigenvalue weighted by Crippen LogP contribution is 2.27. The normalized spacial score (nSPS) is 15.8. The molecule has 1 aliphatic rings. The first-order chi connectivity index (χ1) is 19.2. The number of aliphatic carboxylic acids is 2. The van der Waals surface area contributed by atoms with E-state index in [1.807, 2.05) is 53.4 Å². The summed E-state index contributed by atoms with van der Waals surface area (Å²) in [6, 6.07) is 12.1. The third-order valence-corrected chi connectivity index (χ3v) is 5.68. The van der Waals surface area contributed by atoms with Crippen LogP contribution in [0.15, 0.2) is 65.7 Å². The Labute approximate surface area is 227 Å². The highest BCUT2D eigenvalue weighted by Gasteiger charge is 2.38. The lowest BCUT2D eigenvalue weighted by Gasteiger charge is -2.30. The van der Waals surface area contributed by atoms with Gasteiger partial charge in [-0.1, -0.05) is 0 Å². The minimum Gasteiger partial charge on any atom is -0.475 e. The number of carboxylic acids is 2. The fourth-order valence-corrected chi connectivity index (χ4v) is 3.82. The number of rotatable bonds is 4. The molecule has 0 radical (unpaired) electrons. The van der Waals surface area contributed by atoms with Crippen LogP contribution in [0.5, 0.6) is 0 Å². The van der Waals surface area contributed by atoms with E-state index in [0.717, 1.165) is 60.8 Å². The number of piperidine rings is 1. The first-order valence-corrected chi connectivity index (χ1v) is 11.9. The topological polar surface area (TPSA) is 134 Å². The fourth-order valence-electron chi connectivity index (χ4n) is 3.82. The molecule has 0 spiro atoms. The zero-order chi connectivity index (χ0) is 30.2. The van der Waals surface area contributed by atoms with Gasteiger partial charge in [0, 0.05) is 36.6 Å². The molecule has 2 N–H and O–H groups in total. The minimum absolute atomic E-state index is 0.359. The van der Waals surface area contributed by atoms with Crippen molar-refractivity contribution >= 4 is 17.6 Å². The third-order valence-electron chi connectivity index (χ3n) is 5.68. The van der Waals surface area contributed by atoms with Crippen LogP contribution in [0, 0.1) is 0 Å². The van der Waals surface area contributed by atoms with Crippen LogP contribution >= 0.6 is 0 Å². The van der Waals surface area contributed by atoms with Crippen molar-refractivity contribution in [3.05, 3.63) is 72.8 Å². The molecule has 0 aliphatic carbocycles. The van der Waals surface area contributed by atoms with Crippen molar-refractivity contribution in [3.63, 3.8) is 0 Å². The summed E-state index contributed by atoms with van der Waals surface area (Å²) in [5.74, 6) is -3.20. The number of carbonyl (C=O) groups is 2. The van der Waals surface area contributed by atoms with Crippen LogP contribution in [0.4, 0.5) is 26.3 Å². The van der Waals surface area contributed by atoms with Crippen molar-refractivity contribution in [1.82, 2.24) is 24.5 Å². The molecule has 0 aromatic carbocycles. The van der Waals surface area contributed by atoms with Crippen LogP contribution < -0.4 is 0 Å². The molecule has 1 unspecified atom stereocenters. The van der Waals surface area contributed by atoms with Gasteiger partial charge in [0.25, 0.3) is 0 Å². The van der Waals surface area contributed by atoms with E-state index in [9.17, 15) is 26.3 Å². The molecule has 5 rings (SSSR count). The standard InChI is InChI=1S/C21H21N5O.2C2HF3O2/c1-3-18(13-25(11-1)15-19-4-2-12-27-19)21-23-20-6-5-17(14-26(20)24-21)16-7-9-22-10-8-16;2*3-2(4,5)1(6)7/h2,4-10,12,14,18H,1,3,11,13,15H2;2*(H,6,7). The summed E-state index contributed by atoms with van der Waals surface area (Å²) in [4.78, 5) is 29.1. The Kier molecular flexibility index (Phi) is 10.0. The van der Waals surface area contributed by atoms with E-state index < -0.39 is 24.3 Å². The van der Waals surface area contributed by atoms with Crippen molar-refractivity contribution < 1.29 is 50.6 Å². The van der Waals surface area contributed by atoms with Gasteiger partial charge < -0.3 is 14.6 Å². The molecule has 4 aromatic heterocycles. The summed E-state index contributed by atoms with van der Waals surface area (Å²) >= 11 is 0. The number of carboxylic acid groups (broad SMARTS) is 2. The average Bonchev–Trinajstić information content (AvgIpc) is 3.58. The van der Waals surface area contributed by atoms with Crippen LogP contribution in [0.2, 0.25) is 0 Å². The summed E-state index contributed by atoms with van der Waals surface area (Å²) in [6.45, 7) is 2.91. The van der Waals surface area contributed by atoms with Gasteiger partial charge in [-0.3, -0.25) is 9.88 Å². The van der Waals surface area contributed by atoms with Gasteiger partial charge in [-0.25, -0.2) is 19.1 Å². The first-order valence-electron chi connectivity index (χ1n) is 11.9. The molecule has 1 aliphatic heterocycles. The van der Waals surface area contributed by atoms with Gasteiger partial charge in [-0.05, 0) is 61.3 Å². The molecule has 4 aromatic rings. The Morgan fingerprint density at radius 3 is 2.15 bits per heavy atom. The van der Waals surface area contributed by atoms with Gasteiger partial charge in [0.05, 0.1) is 12.8 Å². The highest BCUT2D eigenvalue weighted by atomic mass is 19.4. The van der Waals surface area contributed by atoms with Crippen LogP contribution in [-0.4, -0.2) is 72.1 Å². The van der Waals surface area contributed by atoms with Crippen molar-refractivity contribution in [2.75, 3.05) is 13.1 Å². The molecule has 10 nitrogen and oxygen atoms in total. The van der Waals surface area contributed by atoms with Crippen LogP contribution in [-0.2, 0) is 16.1 Å². The number of likely N-dealkylation sites (tertiary alicyclic amines) is 1. The van der Waals surface area contributed by atoms with Crippen molar-refractivity contribution in [3.8, 4) is 11.1 Å². The number of hydrogen-bond acceptors (Lipinski definition) is 7. The smallest absolute Gasteiger partial charge is 0.475 e. The Balaban J connectivity index is 0.000000276. The molecule has 0 saturated carbocycles. The number of fused-ring (bicyclic) bond motifs is 1. The van der Waals surface area contributed by atoms with Gasteiger partial charge in [-0.15, -0.1) is 0 Å². The molecule has 0 amide bonds. The van der Waals surface area contributed by atoms with Gasteiger partial charge >= 0.3 is 24.3 Å². The lowest BCUT2D eigenvalue weighted by Crippen LogP contribution is -2.34. The van der Waals surface area contributed by atoms with Gasteiger partial charge in [0.1, 0.15) is 5.76 Å². The summed E-state index contributed by atoms with van der Waals surface area (Å²) in [6.07, 6.45) is -0.485. The maximum Gasteiger partial charge on any atom is 0.490 e. The van der Waals surface area contributed by atoms with E-state index in [0.29, 0.717) is 5.92 Å². The van der Waals surface area contributed by atoms with E-state index in [2.05, 4.69) is 16.0 Å². The number of halogens is 6. The monoisotopic (exact) mass is 587 g/mol. The maximum atomic E-state index is 10.6. The van der Waals surface area contributed by atoms with E-state index in [-0.39, 0.29) is 0 Å². The number of pyridine rings is 2. The zero-order valence-corrected chi connectivity index (χ0v) is 21.0. The lowest BCUT2D eigenvalue weighted by atomic mass is 9.97. The number of nitrogens with zero attached hydrogens (tertiary/aromatic N) is 5. The van der Waals surface area contributed by atoms with E-state index in [1.165, 1.54) is 0 Å². The second-order valence-electron chi connectivity index (χ2n) is 8.69. The largest absolute Gasteiger partial charge is 0.490 e. The molecule has 41 heavy (non-hydrogen) atoms. The number of alkyl halides is 6. The molecular weight excluding hydrogens is 564 g/mol. The van der Waals surface area contributed by atoms with Crippen molar-refractivity contribution in [1.29, 1.82) is 0 Å². The fraction of sp³-hybridized carbons (Fsp3) is 0.320. The Morgan fingerprint density at radius 1 is 0.951 bits per heavy atom. The molecule has 1 saturated heterocycles. The number of furan rings is 1. The average molecular weight is 587 g/mol. The van der Waals surface area contributed by atoms with Crippen LogP contribution in [0.25, 0.3) is 16.8 Å². The van der Waals surface area contributed by atoms with Crippen molar-refractivity contribution in [2.24, 2.45) is 0 Å². The minimum atomic E-state index is -5.08. The van der Waals surface area contributed by atoms with Gasteiger partial charge in [0.15, 0.2) is 11.5 Å². The second-order valence-corrected chi connectivity index (χ2v) is 8.69. The highest BCUT2D eigenvalue weighted by molar-refractivity contribution is 5.73. The molecule has 5 heterocycles. The second kappa shape index (κ2) is 13.3. The van der Waals surface area contributed by atoms with E-state index in [1.54, 1.807) is 6.26 Å². The molecule has 1 atom stereocenters. The maximum absolute atomic E-state index is 10.6. The van der Waals surface area contributed by atoms with E-state index in [4.69, 9.17) is 34.3 Å². The lowest BCUT2D eigenvalue weighted by molar-refractivity contribution is -0.193.